The number of benzene rings is 2. The lowest BCUT2D eigenvalue weighted by Crippen LogP contribution is -2.29. The molecule has 1 aliphatic carbocycles. The number of carbonyl (C=O) groups excluding carboxylic acids is 1. The van der Waals surface area contributed by atoms with Crippen molar-refractivity contribution in [2.45, 2.75) is 23.5 Å². The number of anilines is 1. The summed E-state index contributed by atoms with van der Waals surface area (Å²) in [4.78, 5) is 12.2. The molecule has 0 unspecified atom stereocenters. The first kappa shape index (κ1) is 20.4. The van der Waals surface area contributed by atoms with E-state index in [0.29, 0.717) is 16.1 Å². The first-order valence-corrected chi connectivity index (χ1v) is 10.1. The van der Waals surface area contributed by atoms with Crippen molar-refractivity contribution in [2.75, 3.05) is 18.4 Å². The van der Waals surface area contributed by atoms with Crippen LogP contribution in [0.4, 0.5) is 5.69 Å². The maximum absolute atomic E-state index is 12.4. The Kier molecular flexibility index (Phi) is 7.20. The molecule has 0 bridgehead atoms. The first-order valence-electron chi connectivity index (χ1n) is 8.40. The molecule has 5 nitrogen and oxygen atoms in total. The molecular weight excluding hydrogens is 372 g/mol. The number of rotatable bonds is 8. The summed E-state index contributed by atoms with van der Waals surface area (Å²) < 4.78 is 24.9. The molecule has 0 radical (unpaired) electrons. The van der Waals surface area contributed by atoms with Gasteiger partial charge in [0.15, 0.2) is 9.84 Å². The van der Waals surface area contributed by atoms with Crippen LogP contribution in [0.15, 0.2) is 59.5 Å². The molecule has 26 heavy (non-hydrogen) atoms. The molecule has 1 amide bonds. The summed E-state index contributed by atoms with van der Waals surface area (Å²) in [5.74, 6) is 0.503. The lowest BCUT2D eigenvalue weighted by Gasteiger charge is -2.09. The van der Waals surface area contributed by atoms with Gasteiger partial charge in [-0.15, -0.1) is 12.4 Å². The Morgan fingerprint density at radius 3 is 2.46 bits per heavy atom. The van der Waals surface area contributed by atoms with E-state index < -0.39 is 9.84 Å². The zero-order valence-corrected chi connectivity index (χ0v) is 16.0. The Morgan fingerprint density at radius 1 is 1.04 bits per heavy atom. The minimum atomic E-state index is -3.40. The van der Waals surface area contributed by atoms with Crippen molar-refractivity contribution in [1.82, 2.24) is 5.32 Å². The number of hydrogen-bond acceptors (Lipinski definition) is 4. The van der Waals surface area contributed by atoms with Crippen LogP contribution in [0.2, 0.25) is 0 Å². The van der Waals surface area contributed by atoms with Crippen molar-refractivity contribution < 1.29 is 13.2 Å². The molecule has 2 aromatic rings. The van der Waals surface area contributed by atoms with Gasteiger partial charge in [0.1, 0.15) is 0 Å². The second-order valence-corrected chi connectivity index (χ2v) is 8.38. The minimum Gasteiger partial charge on any atom is -0.325 e. The fraction of sp³-hybridized carbons (Fsp3) is 0.316. The average molecular weight is 395 g/mol. The van der Waals surface area contributed by atoms with Gasteiger partial charge in [0, 0.05) is 5.69 Å². The number of amides is 1. The second kappa shape index (κ2) is 9.16. The third kappa shape index (κ3) is 6.12. The maximum Gasteiger partial charge on any atom is 0.238 e. The van der Waals surface area contributed by atoms with Gasteiger partial charge in [-0.1, -0.05) is 30.3 Å². The molecule has 0 saturated heterocycles. The Hall–Kier alpha value is -1.89. The molecular formula is C19H23ClN2O3S. The maximum atomic E-state index is 12.4. The SMILES string of the molecule is Cl.O=C(CNCC1CC1)Nc1cccc(CS(=O)(=O)c2ccccc2)c1. The smallest absolute Gasteiger partial charge is 0.238 e. The van der Waals surface area contributed by atoms with E-state index in [2.05, 4.69) is 10.6 Å². The Morgan fingerprint density at radius 2 is 1.77 bits per heavy atom. The van der Waals surface area contributed by atoms with Gasteiger partial charge < -0.3 is 10.6 Å². The van der Waals surface area contributed by atoms with E-state index in [4.69, 9.17) is 0 Å². The quantitative estimate of drug-likeness (QED) is 0.721. The van der Waals surface area contributed by atoms with E-state index in [0.717, 1.165) is 12.5 Å². The van der Waals surface area contributed by atoms with Crippen molar-refractivity contribution in [3.63, 3.8) is 0 Å². The molecule has 2 N–H and O–H groups in total. The summed E-state index contributed by atoms with van der Waals surface area (Å²) in [6.07, 6.45) is 2.49. The van der Waals surface area contributed by atoms with Crippen LogP contribution in [0.25, 0.3) is 0 Å². The molecule has 1 aliphatic rings. The number of nitrogens with one attached hydrogen (secondary N) is 2. The molecule has 140 valence electrons. The monoisotopic (exact) mass is 394 g/mol. The summed E-state index contributed by atoms with van der Waals surface area (Å²) >= 11 is 0. The molecule has 7 heteroatoms. The summed E-state index contributed by atoms with van der Waals surface area (Å²) in [5, 5.41) is 5.94. The third-order valence-corrected chi connectivity index (χ3v) is 5.79. The van der Waals surface area contributed by atoms with Gasteiger partial charge in [0.25, 0.3) is 0 Å². The highest BCUT2D eigenvalue weighted by Crippen LogP contribution is 2.27. The Bertz CT molecular complexity index is 837. The lowest BCUT2D eigenvalue weighted by atomic mass is 10.2. The molecule has 0 spiro atoms. The number of sulfone groups is 1. The number of carbonyl (C=O) groups is 1. The van der Waals surface area contributed by atoms with Gasteiger partial charge in [0.05, 0.1) is 17.2 Å². The van der Waals surface area contributed by atoms with Crippen LogP contribution in [0.1, 0.15) is 18.4 Å². The van der Waals surface area contributed by atoms with E-state index in [1.807, 2.05) is 0 Å². The summed E-state index contributed by atoms with van der Waals surface area (Å²) in [5.41, 5.74) is 1.26. The molecule has 0 aliphatic heterocycles. The lowest BCUT2D eigenvalue weighted by molar-refractivity contribution is -0.115. The third-order valence-electron chi connectivity index (χ3n) is 4.09. The van der Waals surface area contributed by atoms with Crippen LogP contribution in [0.3, 0.4) is 0 Å². The van der Waals surface area contributed by atoms with Gasteiger partial charge >= 0.3 is 0 Å². The van der Waals surface area contributed by atoms with Gasteiger partial charge in [-0.25, -0.2) is 8.42 Å². The predicted octanol–water partition coefficient (Wildman–Crippen LogP) is 3.02. The number of halogens is 1. The van der Waals surface area contributed by atoms with Crippen molar-refractivity contribution in [1.29, 1.82) is 0 Å². The molecule has 0 aromatic heterocycles. The average Bonchev–Trinajstić information content (AvgIpc) is 3.40. The van der Waals surface area contributed by atoms with E-state index in [1.165, 1.54) is 12.8 Å². The van der Waals surface area contributed by atoms with Gasteiger partial charge in [0.2, 0.25) is 5.91 Å². The van der Waals surface area contributed by atoms with Crippen LogP contribution < -0.4 is 10.6 Å². The molecule has 1 fully saturated rings. The Balaban J connectivity index is 0.00000243. The van der Waals surface area contributed by atoms with Gasteiger partial charge in [-0.2, -0.15) is 0 Å². The standard InChI is InChI=1S/C19H22N2O3S.ClH/c22-19(13-20-12-15-9-10-15)21-17-6-4-5-16(11-17)14-25(23,24)18-7-2-1-3-8-18;/h1-8,11,15,20H,9-10,12-14H2,(H,21,22);1H. The Labute approximate surface area is 160 Å². The van der Waals surface area contributed by atoms with E-state index in [-0.39, 0.29) is 30.6 Å². The molecule has 1 saturated carbocycles. The molecule has 2 aromatic carbocycles. The number of hydrogen-bond donors (Lipinski definition) is 2. The second-order valence-electron chi connectivity index (χ2n) is 6.39. The summed E-state index contributed by atoms with van der Waals surface area (Å²) in [6.45, 7) is 1.14. The van der Waals surface area contributed by atoms with Crippen LogP contribution in [-0.4, -0.2) is 27.4 Å². The zero-order valence-electron chi connectivity index (χ0n) is 14.4. The highest BCUT2D eigenvalue weighted by atomic mass is 35.5. The highest BCUT2D eigenvalue weighted by Gasteiger charge is 2.20. The topological polar surface area (TPSA) is 75.3 Å². The van der Waals surface area contributed by atoms with E-state index in [1.54, 1.807) is 54.6 Å². The largest absolute Gasteiger partial charge is 0.325 e. The predicted molar refractivity (Wildman–Crippen MR) is 105 cm³/mol. The first-order chi connectivity index (χ1) is 12.0. The van der Waals surface area contributed by atoms with E-state index in [9.17, 15) is 13.2 Å². The van der Waals surface area contributed by atoms with Gasteiger partial charge in [-0.3, -0.25) is 4.79 Å². The van der Waals surface area contributed by atoms with Crippen LogP contribution in [-0.2, 0) is 20.4 Å². The summed E-state index contributed by atoms with van der Waals surface area (Å²) in [6, 6.07) is 15.4. The fourth-order valence-electron chi connectivity index (χ4n) is 2.59. The fourth-order valence-corrected chi connectivity index (χ4v) is 3.94. The normalized spacial score (nSPS) is 13.7. The zero-order chi connectivity index (χ0) is 17.7. The molecule has 0 atom stereocenters. The molecule has 0 heterocycles. The summed E-state index contributed by atoms with van der Waals surface area (Å²) in [7, 11) is -3.40. The highest BCUT2D eigenvalue weighted by molar-refractivity contribution is 7.90. The van der Waals surface area contributed by atoms with Crippen LogP contribution in [0.5, 0.6) is 0 Å². The van der Waals surface area contributed by atoms with Crippen molar-refractivity contribution in [3.05, 3.63) is 60.2 Å². The molecule has 3 rings (SSSR count). The van der Waals surface area contributed by atoms with Crippen molar-refractivity contribution in [3.8, 4) is 0 Å². The van der Waals surface area contributed by atoms with Gasteiger partial charge in [-0.05, 0) is 55.1 Å². The minimum absolute atomic E-state index is 0. The van der Waals surface area contributed by atoms with Crippen LogP contribution in [0, 0.1) is 5.92 Å². The van der Waals surface area contributed by atoms with E-state index >= 15 is 0 Å². The van der Waals surface area contributed by atoms with Crippen molar-refractivity contribution >= 4 is 33.8 Å². The van der Waals surface area contributed by atoms with Crippen LogP contribution >= 0.6 is 12.4 Å². The van der Waals surface area contributed by atoms with Crippen molar-refractivity contribution in [2.24, 2.45) is 5.92 Å².